The summed E-state index contributed by atoms with van der Waals surface area (Å²) in [4.78, 5) is 14.4. The van der Waals surface area contributed by atoms with Crippen LogP contribution in [0.15, 0.2) is 18.2 Å². The Kier molecular flexibility index (Phi) is 6.10. The van der Waals surface area contributed by atoms with Gasteiger partial charge in [-0.05, 0) is 36.5 Å². The van der Waals surface area contributed by atoms with E-state index in [1.165, 1.54) is 0 Å². The molecule has 0 saturated carbocycles. The lowest BCUT2D eigenvalue weighted by Crippen LogP contribution is -2.33. The van der Waals surface area contributed by atoms with E-state index in [1.807, 2.05) is 23.1 Å². The zero-order chi connectivity index (χ0) is 15.9. The monoisotopic (exact) mass is 305 g/mol. The molecule has 0 N–H and O–H groups in total. The number of benzene rings is 1. The maximum Gasteiger partial charge on any atom is 0.223 e. The van der Waals surface area contributed by atoms with Gasteiger partial charge in [-0.3, -0.25) is 4.79 Å². The fourth-order valence-electron chi connectivity index (χ4n) is 2.78. The number of fused-ring (bicyclic) bond motifs is 1. The van der Waals surface area contributed by atoms with E-state index in [9.17, 15) is 4.79 Å². The highest BCUT2D eigenvalue weighted by Crippen LogP contribution is 2.34. The van der Waals surface area contributed by atoms with Gasteiger partial charge < -0.3 is 14.4 Å². The molecule has 0 bridgehead atoms. The zero-order valence-electron chi connectivity index (χ0n) is 13.9. The van der Waals surface area contributed by atoms with Crippen LogP contribution in [0.3, 0.4) is 0 Å². The molecule has 0 radical (unpaired) electrons. The first kappa shape index (κ1) is 16.7. The summed E-state index contributed by atoms with van der Waals surface area (Å²) >= 11 is 0. The third-order valence-corrected chi connectivity index (χ3v) is 3.96. The smallest absolute Gasteiger partial charge is 0.223 e. The molecule has 1 aromatic rings. The summed E-state index contributed by atoms with van der Waals surface area (Å²) in [7, 11) is 0. The molecule has 0 aliphatic carbocycles. The standard InChI is InChI=1S/C18H27NO3/c1-4-8-19(9-5-2)18(20)12-14(3)15-6-7-16-17(13-15)22-11-10-21-16/h6-7,13-14H,4-5,8-12H2,1-3H3. The molecule has 0 spiro atoms. The first-order valence-electron chi connectivity index (χ1n) is 8.33. The minimum atomic E-state index is 0.180. The molecule has 1 aliphatic rings. The van der Waals surface area contributed by atoms with E-state index in [2.05, 4.69) is 20.8 Å². The van der Waals surface area contributed by atoms with E-state index in [4.69, 9.17) is 9.47 Å². The van der Waals surface area contributed by atoms with Gasteiger partial charge in [-0.25, -0.2) is 0 Å². The molecule has 0 saturated heterocycles. The highest BCUT2D eigenvalue weighted by atomic mass is 16.6. The van der Waals surface area contributed by atoms with E-state index in [0.29, 0.717) is 19.6 Å². The number of amides is 1. The van der Waals surface area contributed by atoms with Crippen molar-refractivity contribution in [3.05, 3.63) is 23.8 Å². The van der Waals surface area contributed by atoms with Crippen LogP contribution in [0.5, 0.6) is 11.5 Å². The van der Waals surface area contributed by atoms with Gasteiger partial charge in [-0.2, -0.15) is 0 Å². The van der Waals surface area contributed by atoms with Crippen LogP contribution in [0.1, 0.15) is 51.5 Å². The number of nitrogens with zero attached hydrogens (tertiary/aromatic N) is 1. The van der Waals surface area contributed by atoms with E-state index < -0.39 is 0 Å². The zero-order valence-corrected chi connectivity index (χ0v) is 13.9. The lowest BCUT2D eigenvalue weighted by atomic mass is 9.96. The second-order valence-corrected chi connectivity index (χ2v) is 5.89. The van der Waals surface area contributed by atoms with Gasteiger partial charge in [0.1, 0.15) is 13.2 Å². The van der Waals surface area contributed by atoms with Gasteiger partial charge in [0.2, 0.25) is 5.91 Å². The average molecular weight is 305 g/mol. The number of rotatable bonds is 7. The summed E-state index contributed by atoms with van der Waals surface area (Å²) in [5.74, 6) is 2.01. The fraction of sp³-hybridized carbons (Fsp3) is 0.611. The van der Waals surface area contributed by atoms with Crippen LogP contribution in [0.2, 0.25) is 0 Å². The summed E-state index contributed by atoms with van der Waals surface area (Å²) < 4.78 is 11.2. The average Bonchev–Trinajstić information content (AvgIpc) is 2.54. The van der Waals surface area contributed by atoms with Gasteiger partial charge in [-0.1, -0.05) is 26.8 Å². The van der Waals surface area contributed by atoms with Gasteiger partial charge in [0.15, 0.2) is 11.5 Å². The molecule has 4 heteroatoms. The predicted molar refractivity (Wildman–Crippen MR) is 87.6 cm³/mol. The first-order chi connectivity index (χ1) is 10.7. The van der Waals surface area contributed by atoms with Gasteiger partial charge in [0.05, 0.1) is 0 Å². The highest BCUT2D eigenvalue weighted by Gasteiger charge is 2.19. The summed E-state index contributed by atoms with van der Waals surface area (Å²) in [5.41, 5.74) is 1.13. The topological polar surface area (TPSA) is 38.8 Å². The normalized spacial score (nSPS) is 14.5. The summed E-state index contributed by atoms with van der Waals surface area (Å²) in [6.45, 7) is 9.20. The van der Waals surface area contributed by atoms with Crippen molar-refractivity contribution in [2.45, 2.75) is 46.0 Å². The molecule has 0 aromatic heterocycles. The maximum absolute atomic E-state index is 12.5. The lowest BCUT2D eigenvalue weighted by molar-refractivity contribution is -0.131. The molecule has 0 fully saturated rings. The van der Waals surface area contributed by atoms with Crippen molar-refractivity contribution in [3.63, 3.8) is 0 Å². The molecule has 1 heterocycles. The Hall–Kier alpha value is -1.71. The first-order valence-corrected chi connectivity index (χ1v) is 8.33. The number of hydrogen-bond acceptors (Lipinski definition) is 3. The van der Waals surface area contributed by atoms with Crippen LogP contribution in [-0.2, 0) is 4.79 Å². The minimum absolute atomic E-state index is 0.180. The van der Waals surface area contributed by atoms with Crippen LogP contribution in [0, 0.1) is 0 Å². The molecule has 1 aliphatic heterocycles. The second kappa shape index (κ2) is 8.06. The summed E-state index contributed by atoms with van der Waals surface area (Å²) in [6, 6.07) is 5.99. The maximum atomic E-state index is 12.5. The SMILES string of the molecule is CCCN(CCC)C(=O)CC(C)c1ccc2c(c1)OCCO2. The second-order valence-electron chi connectivity index (χ2n) is 5.89. The van der Waals surface area contributed by atoms with Crippen molar-refractivity contribution < 1.29 is 14.3 Å². The predicted octanol–water partition coefficient (Wildman–Crippen LogP) is 3.60. The van der Waals surface area contributed by atoms with E-state index in [0.717, 1.165) is 43.0 Å². The Bertz CT molecular complexity index is 495. The molecule has 1 atom stereocenters. The summed E-state index contributed by atoms with van der Waals surface area (Å²) in [5, 5.41) is 0. The number of hydrogen-bond donors (Lipinski definition) is 0. The third kappa shape index (κ3) is 4.15. The van der Waals surface area contributed by atoms with Crippen molar-refractivity contribution in [2.75, 3.05) is 26.3 Å². The Morgan fingerprint density at radius 1 is 1.14 bits per heavy atom. The van der Waals surface area contributed by atoms with E-state index >= 15 is 0 Å². The molecule has 4 nitrogen and oxygen atoms in total. The molecule has 22 heavy (non-hydrogen) atoms. The Labute approximate surface area is 133 Å². The van der Waals surface area contributed by atoms with Gasteiger partial charge in [-0.15, -0.1) is 0 Å². The number of carbonyl (C=O) groups is 1. The van der Waals surface area contributed by atoms with Crippen molar-refractivity contribution in [3.8, 4) is 11.5 Å². The van der Waals surface area contributed by atoms with Crippen molar-refractivity contribution in [1.29, 1.82) is 0 Å². The Balaban J connectivity index is 2.01. The molecule has 1 aromatic carbocycles. The van der Waals surface area contributed by atoms with Crippen LogP contribution >= 0.6 is 0 Å². The van der Waals surface area contributed by atoms with Crippen LogP contribution in [0.25, 0.3) is 0 Å². The Morgan fingerprint density at radius 2 is 1.77 bits per heavy atom. The van der Waals surface area contributed by atoms with Gasteiger partial charge >= 0.3 is 0 Å². The van der Waals surface area contributed by atoms with Gasteiger partial charge in [0, 0.05) is 19.5 Å². The molecule has 1 unspecified atom stereocenters. The minimum Gasteiger partial charge on any atom is -0.486 e. The molecular weight excluding hydrogens is 278 g/mol. The van der Waals surface area contributed by atoms with Crippen molar-refractivity contribution in [1.82, 2.24) is 4.90 Å². The lowest BCUT2D eigenvalue weighted by Gasteiger charge is -2.24. The van der Waals surface area contributed by atoms with E-state index in [1.54, 1.807) is 0 Å². The molecule has 2 rings (SSSR count). The number of ether oxygens (including phenoxy) is 2. The quantitative estimate of drug-likeness (QED) is 0.772. The van der Waals surface area contributed by atoms with Crippen molar-refractivity contribution >= 4 is 5.91 Å². The molecular formula is C18H27NO3. The van der Waals surface area contributed by atoms with Crippen LogP contribution in [0.4, 0.5) is 0 Å². The van der Waals surface area contributed by atoms with E-state index in [-0.39, 0.29) is 11.8 Å². The third-order valence-electron chi connectivity index (χ3n) is 3.96. The summed E-state index contributed by atoms with van der Waals surface area (Å²) in [6.07, 6.45) is 2.55. The van der Waals surface area contributed by atoms with Crippen LogP contribution in [-0.4, -0.2) is 37.1 Å². The Morgan fingerprint density at radius 3 is 2.41 bits per heavy atom. The van der Waals surface area contributed by atoms with Gasteiger partial charge in [0.25, 0.3) is 0 Å². The fourth-order valence-corrected chi connectivity index (χ4v) is 2.78. The molecule has 122 valence electrons. The number of carbonyl (C=O) groups excluding carboxylic acids is 1. The largest absolute Gasteiger partial charge is 0.486 e. The van der Waals surface area contributed by atoms with Crippen LogP contribution < -0.4 is 9.47 Å². The van der Waals surface area contributed by atoms with Crippen molar-refractivity contribution in [2.24, 2.45) is 0 Å². The highest BCUT2D eigenvalue weighted by molar-refractivity contribution is 5.77. The molecule has 1 amide bonds.